The first-order chi connectivity index (χ1) is 21.8. The molecule has 0 aliphatic heterocycles. The van der Waals surface area contributed by atoms with Crippen LogP contribution in [0, 0.1) is 0 Å². The average Bonchev–Trinajstić information content (AvgIpc) is 3.01. The van der Waals surface area contributed by atoms with Gasteiger partial charge in [-0.2, -0.15) is 13.2 Å². The Balaban J connectivity index is 1.63. The number of alkyl halides is 3. The smallest absolute Gasteiger partial charge is 0.416 e. The van der Waals surface area contributed by atoms with E-state index in [-0.39, 0.29) is 18.6 Å². The number of aromatic nitrogens is 1. The highest BCUT2D eigenvalue weighted by atomic mass is 19.4. The molecule has 11 heteroatoms. The van der Waals surface area contributed by atoms with Gasteiger partial charge in [-0.15, -0.1) is 0 Å². The molecule has 0 aliphatic rings. The first-order valence-electron chi connectivity index (χ1n) is 14.5. The molecule has 4 rings (SSSR count). The molecule has 1 atom stereocenters. The van der Waals surface area contributed by atoms with E-state index in [0.717, 1.165) is 12.1 Å². The van der Waals surface area contributed by atoms with Crippen molar-refractivity contribution in [1.82, 2.24) is 4.98 Å². The quantitative estimate of drug-likeness (QED) is 0.188. The summed E-state index contributed by atoms with van der Waals surface area (Å²) in [5, 5.41) is 2.79. The molecule has 0 radical (unpaired) electrons. The third-order valence-electron chi connectivity index (χ3n) is 6.69. The fourth-order valence-electron chi connectivity index (χ4n) is 4.63. The van der Waals surface area contributed by atoms with Gasteiger partial charge in [0.25, 0.3) is 5.91 Å². The number of carbonyl (C=O) groups excluding carboxylic acids is 3. The number of nitrogens with one attached hydrogen (secondary N) is 1. The molecule has 46 heavy (non-hydrogen) atoms. The molecule has 0 aliphatic carbocycles. The van der Waals surface area contributed by atoms with Gasteiger partial charge in [0, 0.05) is 35.2 Å². The number of ether oxygens (including phenoxy) is 2. The molecule has 0 saturated carbocycles. The Labute approximate surface area is 265 Å². The molecule has 0 bridgehead atoms. The van der Waals surface area contributed by atoms with Crippen molar-refractivity contribution in [2.75, 3.05) is 16.8 Å². The van der Waals surface area contributed by atoms with Crippen molar-refractivity contribution in [3.05, 3.63) is 114 Å². The molecule has 1 N–H and O–H groups in total. The van der Waals surface area contributed by atoms with Gasteiger partial charge in [-0.25, -0.2) is 9.59 Å². The van der Waals surface area contributed by atoms with Crippen molar-refractivity contribution >= 4 is 29.3 Å². The molecule has 3 aromatic carbocycles. The lowest BCUT2D eigenvalue weighted by atomic mass is 9.98. The topological polar surface area (TPSA) is 97.8 Å². The Morgan fingerprint density at radius 1 is 0.870 bits per heavy atom. The number of nitrogens with zero attached hydrogens (tertiary/aromatic N) is 2. The zero-order valence-electron chi connectivity index (χ0n) is 25.8. The summed E-state index contributed by atoms with van der Waals surface area (Å²) in [7, 11) is 0. The molecule has 1 unspecified atom stereocenters. The third-order valence-corrected chi connectivity index (χ3v) is 6.69. The van der Waals surface area contributed by atoms with Crippen LogP contribution in [0.5, 0.6) is 0 Å². The van der Waals surface area contributed by atoms with Crippen molar-refractivity contribution in [2.45, 2.75) is 51.9 Å². The van der Waals surface area contributed by atoms with Gasteiger partial charge < -0.3 is 14.8 Å². The van der Waals surface area contributed by atoms with Gasteiger partial charge in [0.05, 0.1) is 12.2 Å². The molecule has 1 aromatic heterocycles. The number of esters is 1. The minimum absolute atomic E-state index is 0.0537. The van der Waals surface area contributed by atoms with Crippen LogP contribution >= 0.6 is 0 Å². The maximum absolute atomic E-state index is 13.5. The lowest BCUT2D eigenvalue weighted by molar-refractivity contribution is -0.144. The summed E-state index contributed by atoms with van der Waals surface area (Å²) >= 11 is 0. The van der Waals surface area contributed by atoms with Crippen LogP contribution in [0.25, 0.3) is 11.1 Å². The predicted octanol–water partition coefficient (Wildman–Crippen LogP) is 7.94. The largest absolute Gasteiger partial charge is 0.464 e. The summed E-state index contributed by atoms with van der Waals surface area (Å²) in [5.41, 5.74) is 0.735. The minimum Gasteiger partial charge on any atom is -0.464 e. The van der Waals surface area contributed by atoms with E-state index in [1.807, 2.05) is 0 Å². The second-order valence-corrected chi connectivity index (χ2v) is 11.3. The first-order valence-corrected chi connectivity index (χ1v) is 14.5. The van der Waals surface area contributed by atoms with E-state index >= 15 is 0 Å². The Morgan fingerprint density at radius 3 is 2.11 bits per heavy atom. The van der Waals surface area contributed by atoms with Crippen LogP contribution in [-0.2, 0) is 26.9 Å². The molecular weight excluding hydrogens is 599 g/mol. The van der Waals surface area contributed by atoms with E-state index in [1.54, 1.807) is 101 Å². The first kappa shape index (κ1) is 33.7. The van der Waals surface area contributed by atoms with Crippen LogP contribution in [-0.4, -0.2) is 41.2 Å². The van der Waals surface area contributed by atoms with Crippen LogP contribution in [0.3, 0.4) is 0 Å². The van der Waals surface area contributed by atoms with Crippen molar-refractivity contribution in [2.24, 2.45) is 0 Å². The Bertz CT molecular complexity index is 1650. The maximum Gasteiger partial charge on any atom is 0.416 e. The van der Waals surface area contributed by atoms with E-state index in [0.29, 0.717) is 28.2 Å². The number of benzene rings is 3. The van der Waals surface area contributed by atoms with Gasteiger partial charge in [0.2, 0.25) is 0 Å². The van der Waals surface area contributed by atoms with E-state index in [9.17, 15) is 27.6 Å². The van der Waals surface area contributed by atoms with Crippen LogP contribution < -0.4 is 10.2 Å². The zero-order valence-corrected chi connectivity index (χ0v) is 25.8. The highest BCUT2D eigenvalue weighted by Gasteiger charge is 2.36. The lowest BCUT2D eigenvalue weighted by Crippen LogP contribution is -2.49. The Morgan fingerprint density at radius 2 is 1.52 bits per heavy atom. The molecule has 8 nitrogen and oxygen atoms in total. The molecule has 240 valence electrons. The number of hydrogen-bond donors (Lipinski definition) is 1. The van der Waals surface area contributed by atoms with Crippen molar-refractivity contribution in [3.8, 4) is 11.1 Å². The van der Waals surface area contributed by atoms with Gasteiger partial charge in [-0.3, -0.25) is 14.7 Å². The van der Waals surface area contributed by atoms with E-state index in [1.165, 1.54) is 17.0 Å². The van der Waals surface area contributed by atoms with Crippen molar-refractivity contribution in [3.63, 3.8) is 0 Å². The summed E-state index contributed by atoms with van der Waals surface area (Å²) in [6.07, 6.45) is -3.61. The number of pyridine rings is 1. The molecule has 1 heterocycles. The molecule has 0 saturated heterocycles. The van der Waals surface area contributed by atoms with Crippen LogP contribution in [0.2, 0.25) is 0 Å². The summed E-state index contributed by atoms with van der Waals surface area (Å²) in [6.45, 7) is 6.90. The van der Waals surface area contributed by atoms with Crippen molar-refractivity contribution < 1.29 is 37.0 Å². The van der Waals surface area contributed by atoms with Crippen LogP contribution in [0.1, 0.15) is 49.3 Å². The van der Waals surface area contributed by atoms with E-state index in [4.69, 9.17) is 9.47 Å². The lowest BCUT2D eigenvalue weighted by Gasteiger charge is -2.32. The average molecular weight is 634 g/mol. The second kappa shape index (κ2) is 14.3. The summed E-state index contributed by atoms with van der Waals surface area (Å²) in [4.78, 5) is 45.6. The number of anilines is 2. The summed E-state index contributed by atoms with van der Waals surface area (Å²) in [5.74, 6) is -1.14. The molecule has 4 aromatic rings. The maximum atomic E-state index is 13.5. The molecule has 0 spiro atoms. The summed E-state index contributed by atoms with van der Waals surface area (Å²) < 4.78 is 50.2. The Hall–Kier alpha value is -5.19. The third kappa shape index (κ3) is 8.71. The number of rotatable bonds is 9. The van der Waals surface area contributed by atoms with E-state index < -0.39 is 41.4 Å². The SMILES string of the molecule is CCOC(=O)C(Cc1ccccn1)N(C(=O)OC(C)(C)C)c1ccc(NC(=O)c2ccccc2-c2ccc(C(F)(F)F)cc2)cc1. The number of halogens is 3. The molecule has 0 fully saturated rings. The normalized spacial score (nSPS) is 12.2. The van der Waals surface area contributed by atoms with Gasteiger partial charge in [-0.05, 0) is 93.4 Å². The number of amides is 2. The van der Waals surface area contributed by atoms with E-state index in [2.05, 4.69) is 10.3 Å². The number of carbonyl (C=O) groups is 3. The van der Waals surface area contributed by atoms with Crippen LogP contribution in [0.4, 0.5) is 29.3 Å². The predicted molar refractivity (Wildman–Crippen MR) is 168 cm³/mol. The standard InChI is InChI=1S/C35H34F3N3O5/c1-5-45-32(43)30(22-26-10-8-9-21-39-26)41(33(44)46-34(2,3)4)27-19-17-25(18-20-27)40-31(42)29-12-7-6-11-28(29)23-13-15-24(16-14-23)35(36,37)38/h6-21,30H,5,22H2,1-4H3,(H,40,42). The monoisotopic (exact) mass is 633 g/mol. The minimum atomic E-state index is -4.48. The fourth-order valence-corrected chi connectivity index (χ4v) is 4.63. The highest BCUT2D eigenvalue weighted by molar-refractivity contribution is 6.09. The van der Waals surface area contributed by atoms with Crippen molar-refractivity contribution in [1.29, 1.82) is 0 Å². The zero-order chi connectivity index (χ0) is 33.5. The van der Waals surface area contributed by atoms with Gasteiger partial charge in [-0.1, -0.05) is 36.4 Å². The molecule has 2 amide bonds. The van der Waals surface area contributed by atoms with Gasteiger partial charge >= 0.3 is 18.2 Å². The number of hydrogen-bond acceptors (Lipinski definition) is 6. The van der Waals surface area contributed by atoms with Crippen LogP contribution in [0.15, 0.2) is 97.2 Å². The highest BCUT2D eigenvalue weighted by Crippen LogP contribution is 2.32. The second-order valence-electron chi connectivity index (χ2n) is 11.3. The fraction of sp³-hybridized carbons (Fsp3) is 0.257. The summed E-state index contributed by atoms with van der Waals surface area (Å²) in [6, 6.07) is 21.5. The molecular formula is C35H34F3N3O5. The van der Waals surface area contributed by atoms with Gasteiger partial charge in [0.15, 0.2) is 0 Å². The van der Waals surface area contributed by atoms with Gasteiger partial charge in [0.1, 0.15) is 11.6 Å². The Kier molecular flexibility index (Phi) is 10.5.